The summed E-state index contributed by atoms with van der Waals surface area (Å²) >= 11 is 0. The van der Waals surface area contributed by atoms with E-state index in [0.29, 0.717) is 0 Å². The van der Waals surface area contributed by atoms with Gasteiger partial charge in [0.1, 0.15) is 0 Å². The molecule has 0 amide bonds. The van der Waals surface area contributed by atoms with E-state index in [1.165, 1.54) is 0 Å². The summed E-state index contributed by atoms with van der Waals surface area (Å²) in [5.74, 6) is 0. The van der Waals surface area contributed by atoms with Crippen LogP contribution in [0.2, 0.25) is 0 Å². The molecule has 0 unspecified atom stereocenters. The van der Waals surface area contributed by atoms with E-state index in [2.05, 4.69) is 37.6 Å². The Hall–Kier alpha value is -2.02. The molecule has 0 atom stereocenters. The van der Waals surface area contributed by atoms with Gasteiger partial charge in [-0.1, -0.05) is 73.9 Å². The average molecular weight is 241 g/mol. The molecule has 1 nitrogen and oxygen atoms in total. The van der Waals surface area contributed by atoms with Gasteiger partial charge in [-0.3, -0.25) is 0 Å². The van der Waals surface area contributed by atoms with Crippen molar-refractivity contribution in [2.75, 3.05) is 14.1 Å². The van der Waals surface area contributed by atoms with Gasteiger partial charge in [0.2, 0.25) is 0 Å². The fourth-order valence-electron chi connectivity index (χ4n) is 1.20. The Labute approximate surface area is 112 Å². The van der Waals surface area contributed by atoms with Gasteiger partial charge in [-0.05, 0) is 12.0 Å². The minimum atomic E-state index is 0.911. The Kier molecular flexibility index (Phi) is 10.2. The first kappa shape index (κ1) is 16.0. The summed E-state index contributed by atoms with van der Waals surface area (Å²) in [6.45, 7) is 7.28. The van der Waals surface area contributed by atoms with Crippen molar-refractivity contribution < 1.29 is 0 Å². The number of rotatable bonds is 8. The van der Waals surface area contributed by atoms with Gasteiger partial charge in [0.15, 0.2) is 0 Å². The van der Waals surface area contributed by atoms with E-state index >= 15 is 0 Å². The number of nitrogens with zero attached hydrogens (tertiary/aromatic N) is 1. The highest BCUT2D eigenvalue weighted by molar-refractivity contribution is 5.32. The van der Waals surface area contributed by atoms with E-state index in [-0.39, 0.29) is 0 Å². The van der Waals surface area contributed by atoms with Crippen LogP contribution in [0.25, 0.3) is 0 Å². The van der Waals surface area contributed by atoms with Crippen LogP contribution in [-0.2, 0) is 0 Å². The van der Waals surface area contributed by atoms with Crippen LogP contribution in [0, 0.1) is 0 Å². The van der Waals surface area contributed by atoms with E-state index < -0.39 is 0 Å². The van der Waals surface area contributed by atoms with Gasteiger partial charge in [0.05, 0.1) is 0 Å². The summed E-state index contributed by atoms with van der Waals surface area (Å²) < 4.78 is 0. The van der Waals surface area contributed by atoms with Gasteiger partial charge in [-0.25, -0.2) is 0 Å². The Morgan fingerprint density at radius 3 is 2.22 bits per heavy atom. The Balaban J connectivity index is 4.36. The normalized spacial score (nSPS) is 13.1. The number of hydrogen-bond donors (Lipinski definition) is 0. The minimum absolute atomic E-state index is 0.911. The molecule has 0 aliphatic rings. The van der Waals surface area contributed by atoms with Crippen LogP contribution < -0.4 is 0 Å². The molecule has 0 N–H and O–H groups in total. The number of allylic oxidation sites excluding steroid dienone is 11. The van der Waals surface area contributed by atoms with Crippen LogP contribution >= 0.6 is 0 Å². The molecular formula is C17H23N. The van der Waals surface area contributed by atoms with Crippen molar-refractivity contribution in [3.8, 4) is 0 Å². The summed E-state index contributed by atoms with van der Waals surface area (Å²) in [6.07, 6.45) is 22.7. The van der Waals surface area contributed by atoms with E-state index in [4.69, 9.17) is 0 Å². The average Bonchev–Trinajstić information content (AvgIpc) is 2.34. The van der Waals surface area contributed by atoms with Crippen LogP contribution in [0.3, 0.4) is 0 Å². The quantitative estimate of drug-likeness (QED) is 0.569. The zero-order valence-electron chi connectivity index (χ0n) is 11.4. The molecule has 0 heterocycles. The molecule has 96 valence electrons. The third-order valence-corrected chi connectivity index (χ3v) is 1.91. The second-order valence-electron chi connectivity index (χ2n) is 3.87. The highest BCUT2D eigenvalue weighted by Crippen LogP contribution is 2.02. The smallest absolute Gasteiger partial charge is 0.00585 e. The maximum absolute atomic E-state index is 3.67. The van der Waals surface area contributed by atoms with Gasteiger partial charge < -0.3 is 4.90 Å². The Bertz CT molecular complexity index is 376. The molecule has 1 heteroatoms. The summed E-state index contributed by atoms with van der Waals surface area (Å²) in [6, 6.07) is 0. The molecule has 0 aliphatic heterocycles. The van der Waals surface area contributed by atoms with E-state index in [0.717, 1.165) is 12.0 Å². The number of hydrogen-bond acceptors (Lipinski definition) is 1. The summed E-state index contributed by atoms with van der Waals surface area (Å²) in [5, 5.41) is 0. The Morgan fingerprint density at radius 1 is 0.889 bits per heavy atom. The Morgan fingerprint density at radius 2 is 1.61 bits per heavy atom. The van der Waals surface area contributed by atoms with Crippen molar-refractivity contribution in [2.45, 2.75) is 6.42 Å². The van der Waals surface area contributed by atoms with E-state index in [9.17, 15) is 0 Å². The van der Waals surface area contributed by atoms with Crippen LogP contribution in [0.15, 0.2) is 85.7 Å². The van der Waals surface area contributed by atoms with Crippen molar-refractivity contribution in [1.82, 2.24) is 4.90 Å². The molecular weight excluding hydrogens is 218 g/mol. The van der Waals surface area contributed by atoms with Crippen LogP contribution in [0.4, 0.5) is 0 Å². The van der Waals surface area contributed by atoms with Crippen molar-refractivity contribution in [1.29, 1.82) is 0 Å². The lowest BCUT2D eigenvalue weighted by molar-refractivity contribution is 0.561. The van der Waals surface area contributed by atoms with Crippen molar-refractivity contribution in [2.24, 2.45) is 0 Å². The van der Waals surface area contributed by atoms with Gasteiger partial charge in [-0.15, -0.1) is 0 Å². The zero-order valence-corrected chi connectivity index (χ0v) is 11.4. The predicted octanol–water partition coefficient (Wildman–Crippen LogP) is 4.42. The van der Waals surface area contributed by atoms with E-state index in [1.54, 1.807) is 12.2 Å². The van der Waals surface area contributed by atoms with Crippen molar-refractivity contribution in [3.05, 3.63) is 85.7 Å². The van der Waals surface area contributed by atoms with Crippen LogP contribution in [0.1, 0.15) is 6.42 Å². The molecule has 0 spiro atoms. The topological polar surface area (TPSA) is 3.24 Å². The third-order valence-electron chi connectivity index (χ3n) is 1.91. The second-order valence-corrected chi connectivity index (χ2v) is 3.87. The summed E-state index contributed by atoms with van der Waals surface area (Å²) in [7, 11) is 4.02. The van der Waals surface area contributed by atoms with Crippen molar-refractivity contribution >= 4 is 0 Å². The standard InChI is InChI=1S/C17H23N/c1-5-7-9-10-11-12-13-15-17(14-8-6-2)16-18(3)4/h5-11,13-16H,1-2,12H2,3-4H3/b9-7+,11-10+,14-8-,15-13-,17-16-. The first-order valence-corrected chi connectivity index (χ1v) is 5.98. The third kappa shape index (κ3) is 10.5. The predicted molar refractivity (Wildman–Crippen MR) is 83.3 cm³/mol. The van der Waals surface area contributed by atoms with Gasteiger partial charge in [0, 0.05) is 20.3 Å². The monoisotopic (exact) mass is 241 g/mol. The molecule has 0 fully saturated rings. The fourth-order valence-corrected chi connectivity index (χ4v) is 1.20. The molecule has 0 saturated carbocycles. The largest absolute Gasteiger partial charge is 0.383 e. The van der Waals surface area contributed by atoms with Crippen LogP contribution in [-0.4, -0.2) is 19.0 Å². The highest BCUT2D eigenvalue weighted by Gasteiger charge is 1.86. The zero-order chi connectivity index (χ0) is 13.6. The van der Waals surface area contributed by atoms with E-state index in [1.807, 2.05) is 49.4 Å². The van der Waals surface area contributed by atoms with Gasteiger partial charge >= 0.3 is 0 Å². The maximum atomic E-state index is 3.67. The lowest BCUT2D eigenvalue weighted by atomic mass is 10.2. The molecule has 0 aromatic heterocycles. The summed E-state index contributed by atoms with van der Waals surface area (Å²) in [5.41, 5.74) is 1.15. The highest BCUT2D eigenvalue weighted by atomic mass is 15.0. The lowest BCUT2D eigenvalue weighted by Crippen LogP contribution is -2.01. The molecule has 0 aliphatic carbocycles. The fraction of sp³-hybridized carbons (Fsp3) is 0.176. The first-order valence-electron chi connectivity index (χ1n) is 5.98. The molecule has 0 bridgehead atoms. The molecule has 0 rings (SSSR count). The maximum Gasteiger partial charge on any atom is 0.00585 e. The molecule has 0 radical (unpaired) electrons. The first-order chi connectivity index (χ1) is 8.70. The molecule has 0 saturated heterocycles. The van der Waals surface area contributed by atoms with Crippen LogP contribution in [0.5, 0.6) is 0 Å². The van der Waals surface area contributed by atoms with Gasteiger partial charge in [-0.2, -0.15) is 0 Å². The minimum Gasteiger partial charge on any atom is -0.383 e. The SMILES string of the molecule is C=C\C=C/C(/C=C\C/C=C/C=C/C=C)=C/N(C)C. The molecule has 0 aromatic rings. The van der Waals surface area contributed by atoms with Crippen molar-refractivity contribution in [3.63, 3.8) is 0 Å². The summed E-state index contributed by atoms with van der Waals surface area (Å²) in [4.78, 5) is 2.02. The molecule has 0 aromatic carbocycles. The second kappa shape index (κ2) is 11.5. The lowest BCUT2D eigenvalue weighted by Gasteiger charge is -2.05. The van der Waals surface area contributed by atoms with Gasteiger partial charge in [0.25, 0.3) is 0 Å². The molecule has 18 heavy (non-hydrogen) atoms.